The molecule has 3 nitrogen and oxygen atoms in total. The Morgan fingerprint density at radius 2 is 1.95 bits per heavy atom. The molecule has 1 N–H and O–H groups in total. The molecule has 110 valence electrons. The minimum absolute atomic E-state index is 0.720. The van der Waals surface area contributed by atoms with Crippen LogP contribution in [0, 0.1) is 0 Å². The van der Waals surface area contributed by atoms with Gasteiger partial charge in [-0.05, 0) is 30.2 Å². The van der Waals surface area contributed by atoms with Crippen molar-refractivity contribution in [3.63, 3.8) is 0 Å². The Kier molecular flexibility index (Phi) is 8.20. The zero-order chi connectivity index (χ0) is 14.6. The van der Waals surface area contributed by atoms with E-state index in [0.29, 0.717) is 0 Å². The summed E-state index contributed by atoms with van der Waals surface area (Å²) >= 11 is 0. The maximum atomic E-state index is 10.5. The van der Waals surface area contributed by atoms with E-state index in [-0.39, 0.29) is 0 Å². The smallest absolute Gasteiger partial charge is 0.328 e. The lowest BCUT2D eigenvalue weighted by Gasteiger charge is -2.06. The van der Waals surface area contributed by atoms with Crippen molar-refractivity contribution in [1.29, 1.82) is 0 Å². The highest BCUT2D eigenvalue weighted by molar-refractivity contribution is 5.85. The molecule has 0 aliphatic carbocycles. The number of unbranched alkanes of at least 4 members (excludes halogenated alkanes) is 5. The number of benzene rings is 1. The largest absolute Gasteiger partial charge is 0.494 e. The maximum absolute atomic E-state index is 10.5. The number of rotatable bonds is 10. The molecule has 0 saturated carbocycles. The Morgan fingerprint density at radius 3 is 2.70 bits per heavy atom. The average Bonchev–Trinajstić information content (AvgIpc) is 2.45. The third-order valence-corrected chi connectivity index (χ3v) is 3.04. The molecule has 1 aromatic carbocycles. The van der Waals surface area contributed by atoms with Crippen LogP contribution >= 0.6 is 0 Å². The predicted molar refractivity (Wildman–Crippen MR) is 82.0 cm³/mol. The standard InChI is InChI=1S/C17H24O3/c1-2-3-4-5-6-7-13-20-16-10-8-9-15(14-16)11-12-17(18)19/h8-12,14H,2-7,13H2,1H3,(H,18,19). The Morgan fingerprint density at radius 1 is 1.20 bits per heavy atom. The van der Waals surface area contributed by atoms with Crippen LogP contribution in [0.3, 0.4) is 0 Å². The fraction of sp³-hybridized carbons (Fsp3) is 0.471. The lowest BCUT2D eigenvalue weighted by atomic mass is 10.1. The fourth-order valence-electron chi connectivity index (χ4n) is 1.95. The summed E-state index contributed by atoms with van der Waals surface area (Å²) in [5, 5.41) is 8.59. The molecule has 0 fully saturated rings. The molecule has 1 aromatic rings. The summed E-state index contributed by atoms with van der Waals surface area (Å²) in [6, 6.07) is 7.49. The van der Waals surface area contributed by atoms with Gasteiger partial charge >= 0.3 is 5.97 Å². The quantitative estimate of drug-likeness (QED) is 0.504. The van der Waals surface area contributed by atoms with Crippen LogP contribution < -0.4 is 4.74 Å². The summed E-state index contributed by atoms with van der Waals surface area (Å²) < 4.78 is 5.68. The number of aliphatic carboxylic acids is 1. The molecule has 0 aliphatic rings. The van der Waals surface area contributed by atoms with Crippen LogP contribution in [-0.2, 0) is 4.79 Å². The lowest BCUT2D eigenvalue weighted by Crippen LogP contribution is -1.97. The average molecular weight is 276 g/mol. The number of carboxylic acids is 1. The topological polar surface area (TPSA) is 46.5 Å². The van der Waals surface area contributed by atoms with Crippen LogP contribution in [0.1, 0.15) is 51.0 Å². The molecule has 3 heteroatoms. The molecule has 0 atom stereocenters. The van der Waals surface area contributed by atoms with Gasteiger partial charge in [-0.15, -0.1) is 0 Å². The summed E-state index contributed by atoms with van der Waals surface area (Å²) in [6.45, 7) is 2.94. The van der Waals surface area contributed by atoms with Crippen LogP contribution in [0.2, 0.25) is 0 Å². The van der Waals surface area contributed by atoms with Crippen molar-refractivity contribution < 1.29 is 14.6 Å². The number of carbonyl (C=O) groups is 1. The van der Waals surface area contributed by atoms with E-state index < -0.39 is 5.97 Å². The van der Waals surface area contributed by atoms with Gasteiger partial charge in [0.1, 0.15) is 5.75 Å². The van der Waals surface area contributed by atoms with Gasteiger partial charge in [-0.3, -0.25) is 0 Å². The molecule has 0 aromatic heterocycles. The third-order valence-electron chi connectivity index (χ3n) is 3.04. The second-order valence-electron chi connectivity index (χ2n) is 4.86. The van der Waals surface area contributed by atoms with Crippen molar-refractivity contribution in [1.82, 2.24) is 0 Å². The van der Waals surface area contributed by atoms with E-state index in [9.17, 15) is 4.79 Å². The normalized spacial score (nSPS) is 10.8. The van der Waals surface area contributed by atoms with Crippen LogP contribution in [0.5, 0.6) is 5.75 Å². The second kappa shape index (κ2) is 10.1. The van der Waals surface area contributed by atoms with Crippen LogP contribution in [0.4, 0.5) is 0 Å². The molecule has 0 spiro atoms. The zero-order valence-corrected chi connectivity index (χ0v) is 12.2. The summed E-state index contributed by atoms with van der Waals surface area (Å²) in [5.74, 6) is -0.144. The maximum Gasteiger partial charge on any atom is 0.328 e. The summed E-state index contributed by atoms with van der Waals surface area (Å²) in [6.07, 6.45) is 10.2. The molecule has 0 radical (unpaired) electrons. The van der Waals surface area contributed by atoms with E-state index in [1.54, 1.807) is 6.08 Å². The van der Waals surface area contributed by atoms with E-state index >= 15 is 0 Å². The Balaban J connectivity index is 2.26. The van der Waals surface area contributed by atoms with E-state index in [2.05, 4.69) is 6.92 Å². The Labute approximate surface area is 121 Å². The molecule has 0 saturated heterocycles. The lowest BCUT2D eigenvalue weighted by molar-refractivity contribution is -0.131. The second-order valence-corrected chi connectivity index (χ2v) is 4.86. The van der Waals surface area contributed by atoms with Crippen molar-refractivity contribution in [2.75, 3.05) is 6.61 Å². The molecule has 0 aliphatic heterocycles. The monoisotopic (exact) mass is 276 g/mol. The van der Waals surface area contributed by atoms with Crippen molar-refractivity contribution >= 4 is 12.0 Å². The highest BCUT2D eigenvalue weighted by Gasteiger charge is 1.96. The van der Waals surface area contributed by atoms with Gasteiger partial charge in [0.05, 0.1) is 6.61 Å². The number of hydrogen-bond donors (Lipinski definition) is 1. The van der Waals surface area contributed by atoms with E-state index in [1.807, 2.05) is 24.3 Å². The van der Waals surface area contributed by atoms with Crippen molar-refractivity contribution in [3.05, 3.63) is 35.9 Å². The minimum Gasteiger partial charge on any atom is -0.494 e. The Hall–Kier alpha value is -1.77. The fourth-order valence-corrected chi connectivity index (χ4v) is 1.95. The Bertz CT molecular complexity index is 424. The molecular formula is C17H24O3. The van der Waals surface area contributed by atoms with Gasteiger partial charge in [-0.1, -0.05) is 51.2 Å². The van der Waals surface area contributed by atoms with Gasteiger partial charge in [-0.25, -0.2) is 4.79 Å². The van der Waals surface area contributed by atoms with Crippen LogP contribution in [-0.4, -0.2) is 17.7 Å². The predicted octanol–water partition coefficient (Wildman–Crippen LogP) is 4.52. The van der Waals surface area contributed by atoms with Crippen molar-refractivity contribution in [2.24, 2.45) is 0 Å². The van der Waals surface area contributed by atoms with Crippen molar-refractivity contribution in [2.45, 2.75) is 45.4 Å². The van der Waals surface area contributed by atoms with E-state index in [0.717, 1.165) is 30.4 Å². The van der Waals surface area contributed by atoms with Gasteiger partial charge < -0.3 is 9.84 Å². The number of ether oxygens (including phenoxy) is 1. The highest BCUT2D eigenvalue weighted by atomic mass is 16.5. The first-order chi connectivity index (χ1) is 9.72. The van der Waals surface area contributed by atoms with Gasteiger partial charge in [0.2, 0.25) is 0 Å². The minimum atomic E-state index is -0.941. The molecule has 0 unspecified atom stereocenters. The van der Waals surface area contributed by atoms with Gasteiger partial charge in [0.25, 0.3) is 0 Å². The van der Waals surface area contributed by atoms with Crippen LogP contribution in [0.25, 0.3) is 6.08 Å². The molecule has 0 bridgehead atoms. The number of hydrogen-bond acceptors (Lipinski definition) is 2. The molecule has 20 heavy (non-hydrogen) atoms. The first kappa shape index (κ1) is 16.3. The molecule has 1 rings (SSSR count). The van der Waals surface area contributed by atoms with Crippen LogP contribution in [0.15, 0.2) is 30.3 Å². The third kappa shape index (κ3) is 7.62. The highest BCUT2D eigenvalue weighted by Crippen LogP contribution is 2.15. The van der Waals surface area contributed by atoms with Gasteiger partial charge in [-0.2, -0.15) is 0 Å². The molecule has 0 heterocycles. The molecular weight excluding hydrogens is 252 g/mol. The zero-order valence-electron chi connectivity index (χ0n) is 12.2. The number of carboxylic acid groups (broad SMARTS) is 1. The first-order valence-corrected chi connectivity index (χ1v) is 7.36. The SMILES string of the molecule is CCCCCCCCOc1cccc(C=CC(=O)O)c1. The molecule has 0 amide bonds. The van der Waals surface area contributed by atoms with Gasteiger partial charge in [0.15, 0.2) is 0 Å². The summed E-state index contributed by atoms with van der Waals surface area (Å²) in [4.78, 5) is 10.5. The summed E-state index contributed by atoms with van der Waals surface area (Å²) in [7, 11) is 0. The van der Waals surface area contributed by atoms with Crippen molar-refractivity contribution in [3.8, 4) is 5.75 Å². The summed E-state index contributed by atoms with van der Waals surface area (Å²) in [5.41, 5.74) is 0.841. The van der Waals surface area contributed by atoms with E-state index in [1.165, 1.54) is 32.1 Å². The van der Waals surface area contributed by atoms with Gasteiger partial charge in [0, 0.05) is 6.08 Å². The van der Waals surface area contributed by atoms with E-state index in [4.69, 9.17) is 9.84 Å². The first-order valence-electron chi connectivity index (χ1n) is 7.36.